The Bertz CT molecular complexity index is 838. The van der Waals surface area contributed by atoms with E-state index in [4.69, 9.17) is 9.84 Å². The van der Waals surface area contributed by atoms with E-state index in [1.165, 1.54) is 0 Å². The van der Waals surface area contributed by atoms with Gasteiger partial charge in [0.1, 0.15) is 5.75 Å². The van der Waals surface area contributed by atoms with E-state index in [1.807, 2.05) is 26.0 Å². The van der Waals surface area contributed by atoms with E-state index < -0.39 is 16.0 Å². The monoisotopic (exact) mass is 409 g/mol. The molecule has 0 aliphatic rings. The number of carbonyl (C=O) groups is 1. The van der Waals surface area contributed by atoms with Crippen molar-refractivity contribution in [3.8, 4) is 5.75 Å². The van der Waals surface area contributed by atoms with E-state index in [9.17, 15) is 13.2 Å². The minimum Gasteiger partial charge on any atom is -0.482 e. The molecule has 0 aromatic heterocycles. The Balaban J connectivity index is 1.85. The van der Waals surface area contributed by atoms with Crippen LogP contribution in [0.3, 0.4) is 0 Å². The standard InChI is InChI=1S/C19H23NO5S2/c1-14(20-27(23,24)18-6-4-3-5-7-18)13-26-15(2)16-8-10-17(11-9-16)25-12-19(21)22/h3-11,14-15,20H,12-13H2,1-2H3,(H,21,22). The van der Waals surface area contributed by atoms with Gasteiger partial charge in [0, 0.05) is 17.0 Å². The molecule has 0 saturated heterocycles. The zero-order valence-electron chi connectivity index (χ0n) is 15.2. The summed E-state index contributed by atoms with van der Waals surface area (Å²) in [4.78, 5) is 10.8. The molecule has 0 bridgehead atoms. The quantitative estimate of drug-likeness (QED) is 0.625. The molecule has 8 heteroatoms. The molecule has 0 spiro atoms. The molecular weight excluding hydrogens is 386 g/mol. The molecule has 0 heterocycles. The van der Waals surface area contributed by atoms with Crippen LogP contribution in [0.4, 0.5) is 0 Å². The highest BCUT2D eigenvalue weighted by Crippen LogP contribution is 2.30. The van der Waals surface area contributed by atoms with Crippen molar-refractivity contribution in [1.82, 2.24) is 4.72 Å². The van der Waals surface area contributed by atoms with Gasteiger partial charge in [-0.15, -0.1) is 0 Å². The topological polar surface area (TPSA) is 92.7 Å². The Labute approximate surface area is 164 Å². The highest BCUT2D eigenvalue weighted by Gasteiger charge is 2.18. The van der Waals surface area contributed by atoms with Crippen LogP contribution in [-0.4, -0.2) is 37.9 Å². The summed E-state index contributed by atoms with van der Waals surface area (Å²) in [7, 11) is -3.52. The number of hydrogen-bond donors (Lipinski definition) is 2. The molecule has 0 aliphatic carbocycles. The van der Waals surface area contributed by atoms with Crippen molar-refractivity contribution in [1.29, 1.82) is 0 Å². The fourth-order valence-electron chi connectivity index (χ4n) is 2.33. The first-order chi connectivity index (χ1) is 12.8. The minimum atomic E-state index is -3.52. The van der Waals surface area contributed by atoms with Gasteiger partial charge in [0.2, 0.25) is 10.0 Å². The second-order valence-corrected chi connectivity index (χ2v) is 9.15. The number of carboxylic acids is 1. The largest absolute Gasteiger partial charge is 0.482 e. The first kappa shape index (κ1) is 21.3. The van der Waals surface area contributed by atoms with E-state index in [2.05, 4.69) is 4.72 Å². The molecule has 0 radical (unpaired) electrons. The van der Waals surface area contributed by atoms with Crippen LogP contribution in [0.1, 0.15) is 24.7 Å². The minimum absolute atomic E-state index is 0.155. The molecule has 6 nitrogen and oxygen atoms in total. The molecule has 0 aliphatic heterocycles. The summed E-state index contributed by atoms with van der Waals surface area (Å²) < 4.78 is 32.5. The number of carboxylic acid groups (broad SMARTS) is 1. The highest BCUT2D eigenvalue weighted by atomic mass is 32.2. The maximum atomic E-state index is 12.3. The van der Waals surface area contributed by atoms with Crippen LogP contribution >= 0.6 is 11.8 Å². The van der Waals surface area contributed by atoms with Crippen molar-refractivity contribution in [2.24, 2.45) is 0 Å². The summed E-state index contributed by atoms with van der Waals surface area (Å²) in [6.07, 6.45) is 0. The summed E-state index contributed by atoms with van der Waals surface area (Å²) in [5.41, 5.74) is 1.06. The van der Waals surface area contributed by atoms with Gasteiger partial charge in [-0.1, -0.05) is 30.3 Å². The van der Waals surface area contributed by atoms with Gasteiger partial charge >= 0.3 is 5.97 Å². The third kappa shape index (κ3) is 6.89. The number of aliphatic carboxylic acids is 1. The predicted octanol–water partition coefficient (Wildman–Crippen LogP) is 3.31. The van der Waals surface area contributed by atoms with E-state index >= 15 is 0 Å². The Morgan fingerprint density at radius 3 is 2.33 bits per heavy atom. The van der Waals surface area contributed by atoms with E-state index in [0.717, 1.165) is 5.56 Å². The lowest BCUT2D eigenvalue weighted by Gasteiger charge is -2.17. The number of thioether (sulfide) groups is 1. The maximum absolute atomic E-state index is 12.3. The number of nitrogens with one attached hydrogen (secondary N) is 1. The van der Waals surface area contributed by atoms with Crippen LogP contribution in [-0.2, 0) is 14.8 Å². The second kappa shape index (κ2) is 9.77. The Morgan fingerprint density at radius 2 is 1.74 bits per heavy atom. The maximum Gasteiger partial charge on any atom is 0.341 e. The van der Waals surface area contributed by atoms with Crippen LogP contribution in [0.2, 0.25) is 0 Å². The first-order valence-corrected chi connectivity index (χ1v) is 10.9. The van der Waals surface area contributed by atoms with Crippen molar-refractivity contribution in [3.63, 3.8) is 0 Å². The van der Waals surface area contributed by atoms with Crippen molar-refractivity contribution in [2.75, 3.05) is 12.4 Å². The average Bonchev–Trinajstić information content (AvgIpc) is 2.65. The molecule has 0 amide bonds. The van der Waals surface area contributed by atoms with E-state index in [-0.39, 0.29) is 22.8 Å². The predicted molar refractivity (Wildman–Crippen MR) is 107 cm³/mol. The van der Waals surface area contributed by atoms with Crippen LogP contribution in [0.5, 0.6) is 5.75 Å². The number of benzene rings is 2. The van der Waals surface area contributed by atoms with E-state index in [0.29, 0.717) is 11.5 Å². The number of ether oxygens (including phenoxy) is 1. The molecule has 2 atom stereocenters. The fourth-order valence-corrected chi connectivity index (χ4v) is 4.71. The molecule has 2 unspecified atom stereocenters. The van der Waals surface area contributed by atoms with E-state index in [1.54, 1.807) is 54.2 Å². The smallest absolute Gasteiger partial charge is 0.341 e. The van der Waals surface area contributed by atoms with Gasteiger partial charge in [-0.2, -0.15) is 11.8 Å². The summed E-state index contributed by atoms with van der Waals surface area (Å²) in [6.45, 7) is 3.50. The highest BCUT2D eigenvalue weighted by molar-refractivity contribution is 7.99. The first-order valence-electron chi connectivity index (χ1n) is 8.41. The van der Waals surface area contributed by atoms with Crippen LogP contribution in [0.25, 0.3) is 0 Å². The lowest BCUT2D eigenvalue weighted by atomic mass is 10.1. The normalized spacial score (nSPS) is 13.7. The molecule has 2 rings (SSSR count). The zero-order chi connectivity index (χ0) is 19.9. The molecule has 2 N–H and O–H groups in total. The average molecular weight is 410 g/mol. The number of sulfonamides is 1. The molecule has 2 aromatic carbocycles. The van der Waals surface area contributed by atoms with Gasteiger partial charge in [0.05, 0.1) is 4.90 Å². The van der Waals surface area contributed by atoms with Crippen molar-refractivity contribution < 1.29 is 23.1 Å². The van der Waals surface area contributed by atoms with Crippen molar-refractivity contribution in [3.05, 3.63) is 60.2 Å². The number of rotatable bonds is 10. The lowest BCUT2D eigenvalue weighted by molar-refractivity contribution is -0.139. The number of hydrogen-bond acceptors (Lipinski definition) is 5. The zero-order valence-corrected chi connectivity index (χ0v) is 16.8. The van der Waals surface area contributed by atoms with Gasteiger partial charge in [-0.25, -0.2) is 17.9 Å². The van der Waals surface area contributed by atoms with Crippen molar-refractivity contribution in [2.45, 2.75) is 30.0 Å². The Kier molecular flexibility index (Phi) is 7.70. The summed E-state index contributed by atoms with van der Waals surface area (Å²) >= 11 is 1.64. The van der Waals surface area contributed by atoms with Gasteiger partial charge in [0.25, 0.3) is 0 Å². The Hall–Kier alpha value is -2.03. The Morgan fingerprint density at radius 1 is 1.11 bits per heavy atom. The molecule has 2 aromatic rings. The summed E-state index contributed by atoms with van der Waals surface area (Å²) in [5, 5.41) is 8.77. The van der Waals surface area contributed by atoms with Gasteiger partial charge in [-0.3, -0.25) is 0 Å². The molecular formula is C19H23NO5S2. The molecule has 27 heavy (non-hydrogen) atoms. The molecule has 0 fully saturated rings. The summed E-state index contributed by atoms with van der Waals surface area (Å²) in [6, 6.07) is 15.3. The molecule has 146 valence electrons. The SMILES string of the molecule is CC(CSC(C)c1ccc(OCC(=O)O)cc1)NS(=O)(=O)c1ccccc1. The van der Waals surface area contributed by atoms with Crippen LogP contribution in [0.15, 0.2) is 59.5 Å². The van der Waals surface area contributed by atoms with Crippen LogP contribution in [0, 0.1) is 0 Å². The summed E-state index contributed by atoms with van der Waals surface area (Å²) in [5.74, 6) is 0.0992. The van der Waals surface area contributed by atoms with Gasteiger partial charge in [-0.05, 0) is 43.7 Å². The second-order valence-electron chi connectivity index (χ2n) is 6.06. The third-order valence-electron chi connectivity index (χ3n) is 3.72. The lowest BCUT2D eigenvalue weighted by Crippen LogP contribution is -2.34. The van der Waals surface area contributed by atoms with Crippen LogP contribution < -0.4 is 9.46 Å². The van der Waals surface area contributed by atoms with Gasteiger partial charge in [0.15, 0.2) is 6.61 Å². The molecule has 0 saturated carbocycles. The fraction of sp³-hybridized carbons (Fsp3) is 0.316. The van der Waals surface area contributed by atoms with Gasteiger partial charge < -0.3 is 9.84 Å². The van der Waals surface area contributed by atoms with Crippen molar-refractivity contribution >= 4 is 27.8 Å². The third-order valence-corrected chi connectivity index (χ3v) is 6.79.